The molecule has 0 heteroatoms. The van der Waals surface area contributed by atoms with Crippen LogP contribution < -0.4 is 0 Å². The summed E-state index contributed by atoms with van der Waals surface area (Å²) in [6.07, 6.45) is 0. The van der Waals surface area contributed by atoms with Gasteiger partial charge in [-0.1, -0.05) is 151 Å². The van der Waals surface area contributed by atoms with Gasteiger partial charge >= 0.3 is 0 Å². The number of fused-ring (bicyclic) bond motifs is 4. The average molecular weight is 543 g/mol. The quantitative estimate of drug-likeness (QED) is 0.191. The lowest BCUT2D eigenvalue weighted by Gasteiger charge is -2.27. The van der Waals surface area contributed by atoms with E-state index < -0.39 is 0 Å². The topological polar surface area (TPSA) is 0 Å². The molecule has 206 valence electrons. The molecule has 0 aliphatic carbocycles. The molecule has 0 N–H and O–H groups in total. The lowest BCUT2D eigenvalue weighted by molar-refractivity contribution is 0.569. The Morgan fingerprint density at radius 3 is 1.31 bits per heavy atom. The molecule has 7 aromatic carbocycles. The normalized spacial score (nSPS) is 12.5. The van der Waals surface area contributed by atoms with Gasteiger partial charge in [-0.2, -0.15) is 0 Å². The Balaban J connectivity index is 1.71. The van der Waals surface area contributed by atoms with Gasteiger partial charge in [-0.3, -0.25) is 0 Å². The van der Waals surface area contributed by atoms with Crippen LogP contribution in [0.1, 0.15) is 52.7 Å². The zero-order chi connectivity index (χ0) is 29.2. The smallest absolute Gasteiger partial charge is 0.000808 e. The van der Waals surface area contributed by atoms with Gasteiger partial charge in [0.05, 0.1) is 0 Å². The van der Waals surface area contributed by atoms with E-state index in [9.17, 15) is 0 Å². The predicted molar refractivity (Wildman–Crippen MR) is 185 cm³/mol. The van der Waals surface area contributed by atoms with Crippen LogP contribution in [0.15, 0.2) is 121 Å². The molecule has 0 spiro atoms. The molecule has 0 radical (unpaired) electrons. The first-order valence-electron chi connectivity index (χ1n) is 15.1. The van der Waals surface area contributed by atoms with Gasteiger partial charge in [-0.05, 0) is 99.4 Å². The van der Waals surface area contributed by atoms with Gasteiger partial charge in [0.2, 0.25) is 0 Å². The molecule has 0 bridgehead atoms. The molecule has 0 aliphatic heterocycles. The molecule has 7 rings (SSSR count). The first-order chi connectivity index (χ1) is 20.1. The molecule has 0 atom stereocenters. The number of benzene rings is 7. The maximum Gasteiger partial charge on any atom is -0.000808 e. The van der Waals surface area contributed by atoms with Crippen molar-refractivity contribution in [2.24, 2.45) is 0 Å². The zero-order valence-corrected chi connectivity index (χ0v) is 25.5. The molecule has 0 heterocycles. The predicted octanol–water partition coefficient (Wildman–Crippen LogP) is 12.2. The standard InChI is InChI=1S/C42H38/c1-41(2,3)32-24-31(25-33(26-32)42(4,5)6)37-21-13-17-30-23-29-16-9-12-20-36(29)40(38(30)37)39-34-18-10-7-14-27(34)22-28-15-8-11-19-35(28)39/h7-26H,1-6H3. The van der Waals surface area contributed by atoms with Crippen LogP contribution in [0.2, 0.25) is 0 Å². The summed E-state index contributed by atoms with van der Waals surface area (Å²) in [7, 11) is 0. The van der Waals surface area contributed by atoms with Crippen molar-refractivity contribution in [3.05, 3.63) is 132 Å². The maximum absolute atomic E-state index is 2.43. The largest absolute Gasteiger partial charge is 0.0616 e. The van der Waals surface area contributed by atoms with Gasteiger partial charge in [0.25, 0.3) is 0 Å². The highest BCUT2D eigenvalue weighted by Gasteiger charge is 2.23. The van der Waals surface area contributed by atoms with Crippen LogP contribution >= 0.6 is 0 Å². The molecule has 0 saturated heterocycles. The van der Waals surface area contributed by atoms with Crippen LogP contribution in [0.5, 0.6) is 0 Å². The first kappa shape index (κ1) is 26.5. The first-order valence-corrected chi connectivity index (χ1v) is 15.1. The highest BCUT2D eigenvalue weighted by molar-refractivity contribution is 6.25. The summed E-state index contributed by atoms with van der Waals surface area (Å²) in [4.78, 5) is 0. The number of hydrogen-bond donors (Lipinski definition) is 0. The second kappa shape index (κ2) is 9.57. The summed E-state index contributed by atoms with van der Waals surface area (Å²) >= 11 is 0. The summed E-state index contributed by atoms with van der Waals surface area (Å²) in [6.45, 7) is 13.9. The third-order valence-corrected chi connectivity index (χ3v) is 8.89. The van der Waals surface area contributed by atoms with Crippen molar-refractivity contribution in [3.8, 4) is 22.3 Å². The zero-order valence-electron chi connectivity index (χ0n) is 25.5. The molecule has 42 heavy (non-hydrogen) atoms. The van der Waals surface area contributed by atoms with Gasteiger partial charge in [-0.15, -0.1) is 0 Å². The minimum Gasteiger partial charge on any atom is -0.0616 e. The second-order valence-corrected chi connectivity index (χ2v) is 13.9. The fourth-order valence-corrected chi connectivity index (χ4v) is 6.55. The van der Waals surface area contributed by atoms with Crippen LogP contribution in [-0.4, -0.2) is 0 Å². The Hall–Kier alpha value is -4.42. The summed E-state index contributed by atoms with van der Waals surface area (Å²) in [5.74, 6) is 0. The molecule has 7 aromatic rings. The van der Waals surface area contributed by atoms with Crippen molar-refractivity contribution in [2.75, 3.05) is 0 Å². The van der Waals surface area contributed by atoms with Crippen LogP contribution in [0, 0.1) is 0 Å². The van der Waals surface area contributed by atoms with Gasteiger partial charge < -0.3 is 0 Å². The third kappa shape index (κ3) is 4.38. The van der Waals surface area contributed by atoms with E-state index in [2.05, 4.69) is 163 Å². The van der Waals surface area contributed by atoms with Gasteiger partial charge in [0, 0.05) is 0 Å². The van der Waals surface area contributed by atoms with E-state index in [4.69, 9.17) is 0 Å². The Bertz CT molecular complexity index is 2060. The van der Waals surface area contributed by atoms with Gasteiger partial charge in [-0.25, -0.2) is 0 Å². The second-order valence-electron chi connectivity index (χ2n) is 13.9. The molecule has 0 amide bonds. The Kier molecular flexibility index (Phi) is 6.03. The molecule has 0 nitrogen and oxygen atoms in total. The van der Waals surface area contributed by atoms with E-state index in [1.165, 1.54) is 76.5 Å². The van der Waals surface area contributed by atoms with Gasteiger partial charge in [0.15, 0.2) is 0 Å². The van der Waals surface area contributed by atoms with Crippen molar-refractivity contribution in [2.45, 2.75) is 52.4 Å². The van der Waals surface area contributed by atoms with E-state index in [0.717, 1.165) is 0 Å². The van der Waals surface area contributed by atoms with Crippen LogP contribution in [-0.2, 0) is 10.8 Å². The molecule has 0 aliphatic rings. The lowest BCUT2D eigenvalue weighted by Crippen LogP contribution is -2.16. The summed E-state index contributed by atoms with van der Waals surface area (Å²) in [5.41, 5.74) is 8.07. The van der Waals surface area contributed by atoms with E-state index in [1.807, 2.05) is 0 Å². The minimum absolute atomic E-state index is 0.0436. The molecular formula is C42H38. The monoisotopic (exact) mass is 542 g/mol. The van der Waals surface area contributed by atoms with Crippen LogP contribution in [0.3, 0.4) is 0 Å². The SMILES string of the molecule is CC(C)(C)c1cc(-c2cccc3cc4ccccc4c(-c4c5ccccc5cc5ccccc45)c23)cc(C(C)(C)C)c1. The van der Waals surface area contributed by atoms with Crippen LogP contribution in [0.4, 0.5) is 0 Å². The van der Waals surface area contributed by atoms with Gasteiger partial charge in [0.1, 0.15) is 0 Å². The Morgan fingerprint density at radius 2 is 0.810 bits per heavy atom. The number of hydrogen-bond acceptors (Lipinski definition) is 0. The minimum atomic E-state index is 0.0436. The van der Waals surface area contributed by atoms with Crippen LogP contribution in [0.25, 0.3) is 65.3 Å². The molecule has 0 saturated carbocycles. The summed E-state index contributed by atoms with van der Waals surface area (Å²) < 4.78 is 0. The van der Waals surface area contributed by atoms with Crippen molar-refractivity contribution >= 4 is 43.1 Å². The molecule has 0 fully saturated rings. The Morgan fingerprint density at radius 1 is 0.381 bits per heavy atom. The van der Waals surface area contributed by atoms with Crippen molar-refractivity contribution < 1.29 is 0 Å². The third-order valence-electron chi connectivity index (χ3n) is 8.89. The lowest BCUT2D eigenvalue weighted by atomic mass is 9.78. The Labute approximate surface area is 249 Å². The summed E-state index contributed by atoms with van der Waals surface area (Å²) in [5, 5.41) is 10.3. The number of rotatable bonds is 2. The molecular weight excluding hydrogens is 504 g/mol. The van der Waals surface area contributed by atoms with E-state index in [0.29, 0.717) is 0 Å². The van der Waals surface area contributed by atoms with Crippen molar-refractivity contribution in [1.82, 2.24) is 0 Å². The highest BCUT2D eigenvalue weighted by atomic mass is 14.3. The maximum atomic E-state index is 2.43. The molecule has 0 aromatic heterocycles. The fourth-order valence-electron chi connectivity index (χ4n) is 6.55. The average Bonchev–Trinajstić information content (AvgIpc) is 2.97. The van der Waals surface area contributed by atoms with Crippen molar-refractivity contribution in [1.29, 1.82) is 0 Å². The van der Waals surface area contributed by atoms with E-state index in [1.54, 1.807) is 0 Å². The fraction of sp³-hybridized carbons (Fsp3) is 0.190. The van der Waals surface area contributed by atoms with E-state index >= 15 is 0 Å². The van der Waals surface area contributed by atoms with E-state index in [-0.39, 0.29) is 10.8 Å². The summed E-state index contributed by atoms with van der Waals surface area (Å²) in [6, 6.07) is 45.5. The van der Waals surface area contributed by atoms with Crippen molar-refractivity contribution in [3.63, 3.8) is 0 Å². The highest BCUT2D eigenvalue weighted by Crippen LogP contribution is 2.47. The molecule has 0 unspecified atom stereocenters.